The highest BCUT2D eigenvalue weighted by Gasteiger charge is 2.38. The molecule has 0 aromatic heterocycles. The van der Waals surface area contributed by atoms with E-state index in [0.29, 0.717) is 0 Å². The summed E-state index contributed by atoms with van der Waals surface area (Å²) >= 11 is 0. The third-order valence-electron chi connectivity index (χ3n) is 5.93. The molecule has 0 atom stereocenters. The van der Waals surface area contributed by atoms with Crippen molar-refractivity contribution < 1.29 is 4.74 Å². The Bertz CT molecular complexity index is 384. The highest BCUT2D eigenvalue weighted by atomic mass is 127. The van der Waals surface area contributed by atoms with Crippen molar-refractivity contribution in [1.82, 2.24) is 9.80 Å². The zero-order valence-electron chi connectivity index (χ0n) is 15.0. The summed E-state index contributed by atoms with van der Waals surface area (Å²) in [6, 6.07) is 0. The minimum atomic E-state index is 0. The van der Waals surface area contributed by atoms with Crippen LogP contribution in [-0.2, 0) is 4.74 Å². The van der Waals surface area contributed by atoms with Gasteiger partial charge in [0.2, 0.25) is 0 Å². The molecule has 2 heterocycles. The quantitative estimate of drug-likeness (QED) is 0.408. The van der Waals surface area contributed by atoms with Crippen LogP contribution in [0.1, 0.15) is 57.8 Å². The van der Waals surface area contributed by atoms with E-state index in [0.717, 1.165) is 51.9 Å². The number of rotatable bonds is 3. The number of nitrogens with zero attached hydrogens (tertiary/aromatic N) is 3. The molecule has 140 valence electrons. The second kappa shape index (κ2) is 10.2. The van der Waals surface area contributed by atoms with Crippen LogP contribution in [0.15, 0.2) is 4.99 Å². The van der Waals surface area contributed by atoms with Crippen molar-refractivity contribution in [3.63, 3.8) is 0 Å². The van der Waals surface area contributed by atoms with E-state index in [1.807, 2.05) is 0 Å². The first-order chi connectivity index (χ1) is 11.3. The van der Waals surface area contributed by atoms with Crippen LogP contribution in [0.25, 0.3) is 0 Å². The van der Waals surface area contributed by atoms with Crippen molar-refractivity contribution in [2.24, 2.45) is 10.7 Å². The first-order valence-electron chi connectivity index (χ1n) is 9.68. The van der Waals surface area contributed by atoms with Gasteiger partial charge < -0.3 is 15.4 Å². The van der Waals surface area contributed by atoms with Crippen LogP contribution in [-0.4, -0.2) is 67.2 Å². The first-order valence-corrected chi connectivity index (χ1v) is 9.68. The fourth-order valence-electron chi connectivity index (χ4n) is 4.45. The van der Waals surface area contributed by atoms with Crippen LogP contribution in [0, 0.1) is 0 Å². The monoisotopic (exact) mass is 450 g/mol. The van der Waals surface area contributed by atoms with E-state index in [4.69, 9.17) is 15.5 Å². The van der Waals surface area contributed by atoms with Crippen LogP contribution < -0.4 is 5.73 Å². The number of hydrogen-bond donors (Lipinski definition) is 1. The Hall–Kier alpha value is -0.0800. The SMILES string of the molecule is I.NC(=NCC1(N2CCOCC2)CCCCC1)N1CCCCCC1. The molecule has 24 heavy (non-hydrogen) atoms. The number of halogens is 1. The van der Waals surface area contributed by atoms with Gasteiger partial charge in [-0.05, 0) is 25.7 Å². The van der Waals surface area contributed by atoms with Gasteiger partial charge in [0, 0.05) is 31.7 Å². The van der Waals surface area contributed by atoms with Crippen molar-refractivity contribution in [3.05, 3.63) is 0 Å². The highest BCUT2D eigenvalue weighted by molar-refractivity contribution is 14.0. The Morgan fingerprint density at radius 1 is 0.875 bits per heavy atom. The zero-order valence-corrected chi connectivity index (χ0v) is 17.4. The maximum absolute atomic E-state index is 6.36. The van der Waals surface area contributed by atoms with E-state index < -0.39 is 0 Å². The Labute approximate surface area is 164 Å². The standard InChI is InChI=1S/C18H34N4O.HI/c19-17(21-10-6-1-2-7-11-21)20-16-18(8-4-3-5-9-18)22-12-14-23-15-13-22;/h1-16H2,(H2,19,20);1H. The topological polar surface area (TPSA) is 54.1 Å². The summed E-state index contributed by atoms with van der Waals surface area (Å²) in [5.74, 6) is 0.783. The lowest BCUT2D eigenvalue weighted by molar-refractivity contribution is -0.0334. The second-order valence-electron chi connectivity index (χ2n) is 7.46. The van der Waals surface area contributed by atoms with Crippen molar-refractivity contribution >= 4 is 29.9 Å². The number of ether oxygens (including phenoxy) is 1. The predicted octanol–water partition coefficient (Wildman–Crippen LogP) is 2.83. The summed E-state index contributed by atoms with van der Waals surface area (Å²) in [7, 11) is 0. The normalized spacial score (nSPS) is 26.5. The molecule has 0 unspecified atom stereocenters. The summed E-state index contributed by atoms with van der Waals surface area (Å²) in [5, 5.41) is 0. The van der Waals surface area contributed by atoms with Gasteiger partial charge in [0.15, 0.2) is 5.96 Å². The molecule has 2 N–H and O–H groups in total. The van der Waals surface area contributed by atoms with E-state index >= 15 is 0 Å². The molecule has 0 aromatic carbocycles. The largest absolute Gasteiger partial charge is 0.379 e. The number of hydrogen-bond acceptors (Lipinski definition) is 3. The van der Waals surface area contributed by atoms with Gasteiger partial charge in [-0.3, -0.25) is 9.89 Å². The molecule has 3 aliphatic rings. The second-order valence-corrected chi connectivity index (χ2v) is 7.46. The zero-order chi connectivity index (χ0) is 16.0. The molecule has 3 fully saturated rings. The molecule has 1 aliphatic carbocycles. The van der Waals surface area contributed by atoms with Gasteiger partial charge in [-0.25, -0.2) is 0 Å². The van der Waals surface area contributed by atoms with Crippen molar-refractivity contribution in [2.45, 2.75) is 63.3 Å². The van der Waals surface area contributed by atoms with E-state index in [9.17, 15) is 0 Å². The first kappa shape index (κ1) is 20.2. The molecule has 0 spiro atoms. The number of aliphatic imine (C=N–C) groups is 1. The Morgan fingerprint density at radius 2 is 1.46 bits per heavy atom. The third-order valence-corrected chi connectivity index (χ3v) is 5.93. The molecule has 2 saturated heterocycles. The minimum Gasteiger partial charge on any atom is -0.379 e. The molecule has 0 radical (unpaired) electrons. The van der Waals surface area contributed by atoms with Crippen LogP contribution in [0.4, 0.5) is 0 Å². The summed E-state index contributed by atoms with van der Waals surface area (Å²) in [5.41, 5.74) is 6.59. The van der Waals surface area contributed by atoms with Gasteiger partial charge in [0.25, 0.3) is 0 Å². The number of likely N-dealkylation sites (tertiary alicyclic amines) is 1. The number of morpholine rings is 1. The van der Waals surface area contributed by atoms with E-state index in [2.05, 4.69) is 9.80 Å². The average molecular weight is 450 g/mol. The lowest BCUT2D eigenvalue weighted by Gasteiger charge is -2.47. The summed E-state index contributed by atoms with van der Waals surface area (Å²) in [6.07, 6.45) is 11.7. The van der Waals surface area contributed by atoms with Crippen molar-refractivity contribution in [3.8, 4) is 0 Å². The van der Waals surface area contributed by atoms with Gasteiger partial charge in [-0.15, -0.1) is 24.0 Å². The molecular formula is C18H35IN4O. The fraction of sp³-hybridized carbons (Fsp3) is 0.944. The molecule has 1 saturated carbocycles. The maximum atomic E-state index is 6.36. The number of nitrogens with two attached hydrogens (primary N) is 1. The van der Waals surface area contributed by atoms with Gasteiger partial charge in [0.05, 0.1) is 19.8 Å². The summed E-state index contributed by atoms with van der Waals surface area (Å²) in [4.78, 5) is 9.85. The van der Waals surface area contributed by atoms with E-state index in [1.54, 1.807) is 0 Å². The molecule has 0 bridgehead atoms. The van der Waals surface area contributed by atoms with Crippen LogP contribution in [0.2, 0.25) is 0 Å². The smallest absolute Gasteiger partial charge is 0.191 e. The molecular weight excluding hydrogens is 415 g/mol. The van der Waals surface area contributed by atoms with Gasteiger partial charge in [0.1, 0.15) is 0 Å². The van der Waals surface area contributed by atoms with Crippen LogP contribution in [0.5, 0.6) is 0 Å². The lowest BCUT2D eigenvalue weighted by atomic mass is 9.80. The van der Waals surface area contributed by atoms with Crippen LogP contribution in [0.3, 0.4) is 0 Å². The number of guanidine groups is 1. The highest BCUT2D eigenvalue weighted by Crippen LogP contribution is 2.34. The Morgan fingerprint density at radius 3 is 2.08 bits per heavy atom. The average Bonchev–Trinajstić information content (AvgIpc) is 2.91. The summed E-state index contributed by atoms with van der Waals surface area (Å²) < 4.78 is 5.56. The molecule has 5 nitrogen and oxygen atoms in total. The van der Waals surface area contributed by atoms with Crippen LogP contribution >= 0.6 is 24.0 Å². The molecule has 0 aromatic rings. The summed E-state index contributed by atoms with van der Waals surface area (Å²) in [6.45, 7) is 6.88. The Balaban J connectivity index is 0.00000208. The fourth-order valence-corrected chi connectivity index (χ4v) is 4.45. The molecule has 3 rings (SSSR count). The van der Waals surface area contributed by atoms with Gasteiger partial charge in [-0.1, -0.05) is 32.1 Å². The predicted molar refractivity (Wildman–Crippen MR) is 110 cm³/mol. The van der Waals surface area contributed by atoms with Gasteiger partial charge >= 0.3 is 0 Å². The van der Waals surface area contributed by atoms with E-state index in [-0.39, 0.29) is 29.5 Å². The third kappa shape index (κ3) is 5.21. The Kier molecular flexibility index (Phi) is 8.57. The van der Waals surface area contributed by atoms with Crippen molar-refractivity contribution in [1.29, 1.82) is 0 Å². The van der Waals surface area contributed by atoms with E-state index in [1.165, 1.54) is 57.8 Å². The molecule has 0 amide bonds. The maximum Gasteiger partial charge on any atom is 0.191 e. The molecule has 6 heteroatoms. The lowest BCUT2D eigenvalue weighted by Crippen LogP contribution is -2.56. The van der Waals surface area contributed by atoms with Crippen molar-refractivity contribution in [2.75, 3.05) is 45.9 Å². The van der Waals surface area contributed by atoms with Gasteiger partial charge in [-0.2, -0.15) is 0 Å². The minimum absolute atomic E-state index is 0. The molecule has 2 aliphatic heterocycles.